The van der Waals surface area contributed by atoms with Gasteiger partial charge >= 0.3 is 0 Å². The number of ketones is 1. The Kier molecular flexibility index (Phi) is 6.17. The van der Waals surface area contributed by atoms with E-state index in [4.69, 9.17) is 30.2 Å². The molecule has 2 aromatic rings. The fraction of sp³-hybridized carbons (Fsp3) is 0.429. The van der Waals surface area contributed by atoms with Gasteiger partial charge in [0.15, 0.2) is 17.8 Å². The van der Waals surface area contributed by atoms with Gasteiger partial charge in [0.05, 0.1) is 24.3 Å². The first-order valence-electron chi connectivity index (χ1n) is 9.48. The van der Waals surface area contributed by atoms with Crippen LogP contribution in [-0.4, -0.2) is 41.6 Å². The van der Waals surface area contributed by atoms with Crippen molar-refractivity contribution in [1.29, 1.82) is 0 Å². The Bertz CT molecular complexity index is 1020. The summed E-state index contributed by atoms with van der Waals surface area (Å²) in [6.45, 7) is 7.42. The van der Waals surface area contributed by atoms with E-state index in [9.17, 15) is 9.59 Å². The van der Waals surface area contributed by atoms with Gasteiger partial charge in [0, 0.05) is 30.9 Å². The number of nitrogens with zero attached hydrogens (tertiary/aromatic N) is 2. The second kappa shape index (κ2) is 8.47. The number of carbonyl (C=O) groups excluding carboxylic acids is 2. The molecule has 1 heterocycles. The first-order valence-corrected chi connectivity index (χ1v) is 9.85. The third-order valence-corrected chi connectivity index (χ3v) is 5.44. The summed E-state index contributed by atoms with van der Waals surface area (Å²) >= 11 is 6.68. The summed E-state index contributed by atoms with van der Waals surface area (Å²) in [7, 11) is 1.39. The molecule has 1 aromatic heterocycles. The molecule has 0 spiro atoms. The predicted octanol–water partition coefficient (Wildman–Crippen LogP) is 3.86. The molecule has 3 rings (SSSR count). The maximum atomic E-state index is 12.3. The minimum absolute atomic E-state index is 0.119. The highest BCUT2D eigenvalue weighted by Crippen LogP contribution is 2.46. The number of hydrogen-bond donors (Lipinski definition) is 0. The molecule has 1 aliphatic rings. The number of aryl methyl sites for hydroxylation is 1. The SMILES string of the molecule is CCOc1cc(-c2nnc(C)o2)c(Cl)c(O[C@]2(C=O)C(OC)=CC(=O)C[C@H]2C)c1C. The lowest BCUT2D eigenvalue weighted by molar-refractivity contribution is -0.130. The number of hydrogen-bond acceptors (Lipinski definition) is 8. The molecule has 0 saturated carbocycles. The van der Waals surface area contributed by atoms with E-state index < -0.39 is 11.5 Å². The monoisotopic (exact) mass is 434 g/mol. The van der Waals surface area contributed by atoms with Crippen LogP contribution in [-0.2, 0) is 14.3 Å². The highest BCUT2D eigenvalue weighted by atomic mass is 35.5. The van der Waals surface area contributed by atoms with Gasteiger partial charge in [-0.3, -0.25) is 9.59 Å². The van der Waals surface area contributed by atoms with E-state index >= 15 is 0 Å². The fourth-order valence-electron chi connectivity index (χ4n) is 3.44. The molecule has 0 unspecified atom stereocenters. The van der Waals surface area contributed by atoms with E-state index in [0.717, 1.165) is 0 Å². The summed E-state index contributed by atoms with van der Waals surface area (Å²) < 4.78 is 22.9. The van der Waals surface area contributed by atoms with E-state index in [1.54, 1.807) is 26.8 Å². The zero-order valence-corrected chi connectivity index (χ0v) is 18.2. The van der Waals surface area contributed by atoms with E-state index in [-0.39, 0.29) is 34.6 Å². The number of aromatic nitrogens is 2. The first-order chi connectivity index (χ1) is 14.3. The number of halogens is 1. The smallest absolute Gasteiger partial charge is 0.249 e. The van der Waals surface area contributed by atoms with Crippen molar-refractivity contribution in [2.75, 3.05) is 13.7 Å². The average molecular weight is 435 g/mol. The van der Waals surface area contributed by atoms with Gasteiger partial charge < -0.3 is 18.6 Å². The van der Waals surface area contributed by atoms with Gasteiger partial charge in [-0.15, -0.1) is 10.2 Å². The molecule has 0 saturated heterocycles. The normalized spacial score (nSPS) is 21.2. The van der Waals surface area contributed by atoms with Gasteiger partial charge in [0.25, 0.3) is 0 Å². The van der Waals surface area contributed by atoms with Crippen molar-refractivity contribution in [3.05, 3.63) is 34.4 Å². The molecule has 1 aromatic carbocycles. The standard InChI is InChI=1S/C21H23ClN2O6/c1-6-28-16-9-15(20-24-23-13(4)29-20)18(22)19(12(16)3)30-21(10-25)11(2)7-14(26)8-17(21)27-5/h8-11H,6-7H2,1-5H3/t11-,21+/m1/s1. The van der Waals surface area contributed by atoms with Crippen molar-refractivity contribution in [3.63, 3.8) is 0 Å². The molecular formula is C21H23ClN2O6. The highest BCUT2D eigenvalue weighted by molar-refractivity contribution is 6.35. The van der Waals surface area contributed by atoms with Crippen LogP contribution in [0.3, 0.4) is 0 Å². The molecule has 8 nitrogen and oxygen atoms in total. The van der Waals surface area contributed by atoms with Crippen LogP contribution in [0.1, 0.15) is 31.7 Å². The van der Waals surface area contributed by atoms with Gasteiger partial charge in [0.1, 0.15) is 11.5 Å². The average Bonchev–Trinajstić information content (AvgIpc) is 3.14. The zero-order valence-electron chi connectivity index (χ0n) is 17.4. The van der Waals surface area contributed by atoms with Crippen molar-refractivity contribution in [2.24, 2.45) is 5.92 Å². The maximum Gasteiger partial charge on any atom is 0.249 e. The third-order valence-electron chi connectivity index (χ3n) is 5.06. The second-order valence-corrected chi connectivity index (χ2v) is 7.42. The van der Waals surface area contributed by atoms with Gasteiger partial charge in [0.2, 0.25) is 17.4 Å². The van der Waals surface area contributed by atoms with Crippen molar-refractivity contribution in [2.45, 2.75) is 39.7 Å². The highest BCUT2D eigenvalue weighted by Gasteiger charge is 2.48. The lowest BCUT2D eigenvalue weighted by atomic mass is 9.79. The molecule has 160 valence electrons. The molecule has 0 amide bonds. The zero-order chi connectivity index (χ0) is 22.1. The van der Waals surface area contributed by atoms with Crippen LogP contribution in [0.5, 0.6) is 11.5 Å². The summed E-state index contributed by atoms with van der Waals surface area (Å²) in [5, 5.41) is 8.05. The van der Waals surface area contributed by atoms with Crippen molar-refractivity contribution in [1.82, 2.24) is 10.2 Å². The summed E-state index contributed by atoms with van der Waals surface area (Å²) in [4.78, 5) is 24.3. The Labute approximate surface area is 179 Å². The molecule has 1 aliphatic carbocycles. The van der Waals surface area contributed by atoms with Crippen LogP contribution in [0.15, 0.2) is 22.3 Å². The van der Waals surface area contributed by atoms with E-state index in [0.29, 0.717) is 35.7 Å². The lowest BCUT2D eigenvalue weighted by Gasteiger charge is -2.38. The number of aldehydes is 1. The lowest BCUT2D eigenvalue weighted by Crippen LogP contribution is -2.50. The predicted molar refractivity (Wildman–Crippen MR) is 109 cm³/mol. The molecule has 9 heteroatoms. The second-order valence-electron chi connectivity index (χ2n) is 7.05. The number of carbonyl (C=O) groups is 2. The summed E-state index contributed by atoms with van der Waals surface area (Å²) in [5.74, 6) is 0.758. The van der Waals surface area contributed by atoms with Gasteiger partial charge in [-0.1, -0.05) is 18.5 Å². The van der Waals surface area contributed by atoms with E-state index in [1.165, 1.54) is 13.2 Å². The molecule has 0 aliphatic heterocycles. The summed E-state index contributed by atoms with van der Waals surface area (Å²) in [5.41, 5.74) is -0.531. The van der Waals surface area contributed by atoms with Gasteiger partial charge in [-0.2, -0.15) is 0 Å². The number of ether oxygens (including phenoxy) is 3. The Morgan fingerprint density at radius 3 is 2.67 bits per heavy atom. The van der Waals surface area contributed by atoms with Crippen LogP contribution in [0.4, 0.5) is 0 Å². The minimum Gasteiger partial charge on any atom is -0.496 e. The number of allylic oxidation sites excluding steroid dienone is 1. The fourth-order valence-corrected chi connectivity index (χ4v) is 3.76. The quantitative estimate of drug-likeness (QED) is 0.605. The summed E-state index contributed by atoms with van der Waals surface area (Å²) in [6.07, 6.45) is 2.05. The first kappa shape index (κ1) is 21.8. The molecule has 0 bridgehead atoms. The Balaban J connectivity index is 2.21. The van der Waals surface area contributed by atoms with Crippen LogP contribution in [0, 0.1) is 19.8 Å². The van der Waals surface area contributed by atoms with Crippen LogP contribution in [0.2, 0.25) is 5.02 Å². The number of rotatable bonds is 7. The Morgan fingerprint density at radius 2 is 2.10 bits per heavy atom. The van der Waals surface area contributed by atoms with Crippen molar-refractivity contribution in [3.8, 4) is 23.0 Å². The Hall–Kier alpha value is -2.87. The van der Waals surface area contributed by atoms with Crippen molar-refractivity contribution < 1.29 is 28.2 Å². The molecule has 30 heavy (non-hydrogen) atoms. The van der Waals surface area contributed by atoms with Crippen LogP contribution in [0.25, 0.3) is 11.5 Å². The molecule has 2 atom stereocenters. The van der Waals surface area contributed by atoms with E-state index in [1.807, 2.05) is 6.92 Å². The number of benzene rings is 1. The third kappa shape index (κ3) is 3.67. The topological polar surface area (TPSA) is 101 Å². The summed E-state index contributed by atoms with van der Waals surface area (Å²) in [6, 6.07) is 1.69. The van der Waals surface area contributed by atoms with Crippen LogP contribution >= 0.6 is 11.6 Å². The molecule has 0 radical (unpaired) electrons. The molecule has 0 N–H and O–H groups in total. The van der Waals surface area contributed by atoms with Gasteiger partial charge in [-0.25, -0.2) is 0 Å². The largest absolute Gasteiger partial charge is 0.496 e. The maximum absolute atomic E-state index is 12.3. The Morgan fingerprint density at radius 1 is 1.37 bits per heavy atom. The van der Waals surface area contributed by atoms with Gasteiger partial charge in [-0.05, 0) is 19.9 Å². The van der Waals surface area contributed by atoms with Crippen LogP contribution < -0.4 is 9.47 Å². The number of methoxy groups -OCH3 is 1. The van der Waals surface area contributed by atoms with E-state index in [2.05, 4.69) is 10.2 Å². The minimum atomic E-state index is -1.52. The van der Waals surface area contributed by atoms with Crippen molar-refractivity contribution >= 4 is 23.7 Å². The molecular weight excluding hydrogens is 412 g/mol. The molecule has 0 fully saturated rings.